The first-order valence-corrected chi connectivity index (χ1v) is 5.15. The number of carbonyl (C=O) groups excluding carboxylic acids is 1. The second-order valence-corrected chi connectivity index (χ2v) is 3.82. The molecule has 0 heterocycles. The maximum atomic E-state index is 11.0. The Hall–Kier alpha value is -2.04. The van der Waals surface area contributed by atoms with Gasteiger partial charge in [0.2, 0.25) is 5.91 Å². The number of aliphatic imine (C=N–C) groups is 1. The molecular formula is C11H14N4O. The summed E-state index contributed by atoms with van der Waals surface area (Å²) in [4.78, 5) is 15.2. The largest absolute Gasteiger partial charge is 0.370 e. The predicted octanol–water partition coefficient (Wildman–Crippen LogP) is 0.674. The number of primary amides is 1. The minimum Gasteiger partial charge on any atom is -0.370 e. The minimum absolute atomic E-state index is 0.367. The molecular weight excluding hydrogens is 204 g/mol. The van der Waals surface area contributed by atoms with Gasteiger partial charge in [0.1, 0.15) is 0 Å². The lowest BCUT2D eigenvalue weighted by Crippen LogP contribution is -2.23. The van der Waals surface area contributed by atoms with E-state index < -0.39 is 5.91 Å². The van der Waals surface area contributed by atoms with Gasteiger partial charge in [-0.05, 0) is 31.0 Å². The van der Waals surface area contributed by atoms with E-state index in [0.29, 0.717) is 17.6 Å². The van der Waals surface area contributed by atoms with Gasteiger partial charge in [0, 0.05) is 11.3 Å². The zero-order chi connectivity index (χ0) is 11.5. The number of nitrogens with zero attached hydrogens (tertiary/aromatic N) is 1. The molecule has 5 heteroatoms. The molecule has 0 spiro atoms. The Balaban J connectivity index is 2.08. The molecule has 0 atom stereocenters. The quantitative estimate of drug-likeness (QED) is 0.514. The molecule has 5 N–H and O–H groups in total. The van der Waals surface area contributed by atoms with Crippen molar-refractivity contribution in [2.24, 2.45) is 16.5 Å². The monoisotopic (exact) mass is 218 g/mol. The zero-order valence-electron chi connectivity index (χ0n) is 8.81. The number of hydrogen-bond acceptors (Lipinski definition) is 2. The van der Waals surface area contributed by atoms with Gasteiger partial charge in [-0.1, -0.05) is 6.07 Å². The van der Waals surface area contributed by atoms with E-state index in [0.717, 1.165) is 18.5 Å². The van der Waals surface area contributed by atoms with Crippen LogP contribution in [-0.4, -0.2) is 17.9 Å². The van der Waals surface area contributed by atoms with Gasteiger partial charge in [0.15, 0.2) is 5.96 Å². The average Bonchev–Trinajstić information content (AvgIpc) is 3.01. The van der Waals surface area contributed by atoms with Crippen LogP contribution >= 0.6 is 0 Å². The first-order chi connectivity index (χ1) is 7.65. The van der Waals surface area contributed by atoms with Crippen LogP contribution in [0.25, 0.3) is 0 Å². The molecule has 1 aliphatic carbocycles. The van der Waals surface area contributed by atoms with Crippen LogP contribution in [0.2, 0.25) is 0 Å². The SMILES string of the molecule is NC(=O)c1cccc(NC(N)=NC2CC2)c1. The third kappa shape index (κ3) is 2.73. The van der Waals surface area contributed by atoms with Crippen molar-refractivity contribution in [2.75, 3.05) is 5.32 Å². The topological polar surface area (TPSA) is 93.5 Å². The first kappa shape index (κ1) is 10.5. The Morgan fingerprint density at radius 1 is 1.38 bits per heavy atom. The van der Waals surface area contributed by atoms with Crippen LogP contribution in [0.3, 0.4) is 0 Å². The van der Waals surface area contributed by atoms with Crippen LogP contribution in [0.1, 0.15) is 23.2 Å². The Labute approximate surface area is 93.5 Å². The summed E-state index contributed by atoms with van der Waals surface area (Å²) in [6.07, 6.45) is 2.20. The van der Waals surface area contributed by atoms with E-state index in [1.54, 1.807) is 18.2 Å². The summed E-state index contributed by atoms with van der Waals surface area (Å²) < 4.78 is 0. The third-order valence-corrected chi connectivity index (χ3v) is 2.29. The zero-order valence-corrected chi connectivity index (χ0v) is 8.81. The van der Waals surface area contributed by atoms with Crippen LogP contribution in [0, 0.1) is 0 Å². The lowest BCUT2D eigenvalue weighted by atomic mass is 10.2. The van der Waals surface area contributed by atoms with Gasteiger partial charge in [0.05, 0.1) is 6.04 Å². The highest BCUT2D eigenvalue weighted by atomic mass is 16.1. The number of guanidine groups is 1. The molecule has 5 nitrogen and oxygen atoms in total. The van der Waals surface area contributed by atoms with E-state index in [1.165, 1.54) is 0 Å². The molecule has 1 aromatic carbocycles. The Bertz CT molecular complexity index is 437. The Kier molecular flexibility index (Phi) is 2.76. The number of hydrogen-bond donors (Lipinski definition) is 3. The molecule has 2 rings (SSSR count). The van der Waals surface area contributed by atoms with Crippen molar-refractivity contribution in [3.63, 3.8) is 0 Å². The van der Waals surface area contributed by atoms with Gasteiger partial charge in [-0.2, -0.15) is 0 Å². The van der Waals surface area contributed by atoms with Gasteiger partial charge in [0.25, 0.3) is 0 Å². The van der Waals surface area contributed by atoms with Crippen molar-refractivity contribution in [1.29, 1.82) is 0 Å². The highest BCUT2D eigenvalue weighted by molar-refractivity contribution is 5.96. The molecule has 0 saturated heterocycles. The fraction of sp³-hybridized carbons (Fsp3) is 0.273. The van der Waals surface area contributed by atoms with E-state index in [-0.39, 0.29) is 0 Å². The summed E-state index contributed by atoms with van der Waals surface area (Å²) in [5, 5.41) is 2.93. The summed E-state index contributed by atoms with van der Waals surface area (Å²) >= 11 is 0. The maximum absolute atomic E-state index is 11.0. The van der Waals surface area contributed by atoms with Crippen molar-refractivity contribution in [1.82, 2.24) is 0 Å². The second-order valence-electron chi connectivity index (χ2n) is 3.82. The normalized spacial score (nSPS) is 15.9. The molecule has 16 heavy (non-hydrogen) atoms. The van der Waals surface area contributed by atoms with Crippen molar-refractivity contribution in [3.8, 4) is 0 Å². The molecule has 1 aliphatic rings. The molecule has 1 amide bonds. The molecule has 0 radical (unpaired) electrons. The van der Waals surface area contributed by atoms with Crippen molar-refractivity contribution >= 4 is 17.6 Å². The molecule has 0 unspecified atom stereocenters. The van der Waals surface area contributed by atoms with Gasteiger partial charge >= 0.3 is 0 Å². The molecule has 1 fully saturated rings. The lowest BCUT2D eigenvalue weighted by molar-refractivity contribution is 0.100. The van der Waals surface area contributed by atoms with Gasteiger partial charge in [-0.3, -0.25) is 4.79 Å². The van der Waals surface area contributed by atoms with E-state index in [1.807, 2.05) is 6.07 Å². The number of anilines is 1. The fourth-order valence-electron chi connectivity index (χ4n) is 1.33. The summed E-state index contributed by atoms with van der Waals surface area (Å²) in [5.41, 5.74) is 12.0. The van der Waals surface area contributed by atoms with Crippen molar-refractivity contribution in [3.05, 3.63) is 29.8 Å². The Morgan fingerprint density at radius 2 is 2.12 bits per heavy atom. The van der Waals surface area contributed by atoms with Gasteiger partial charge in [-0.15, -0.1) is 0 Å². The molecule has 0 aromatic heterocycles. The highest BCUT2D eigenvalue weighted by Gasteiger charge is 2.20. The first-order valence-electron chi connectivity index (χ1n) is 5.15. The number of nitrogens with two attached hydrogens (primary N) is 2. The molecule has 0 aliphatic heterocycles. The number of nitrogens with one attached hydrogen (secondary N) is 1. The van der Waals surface area contributed by atoms with Crippen molar-refractivity contribution in [2.45, 2.75) is 18.9 Å². The van der Waals surface area contributed by atoms with E-state index in [9.17, 15) is 4.79 Å². The second kappa shape index (κ2) is 4.22. The summed E-state index contributed by atoms with van der Waals surface area (Å²) in [5.74, 6) is -0.0783. The smallest absolute Gasteiger partial charge is 0.248 e. The third-order valence-electron chi connectivity index (χ3n) is 2.29. The minimum atomic E-state index is -0.457. The van der Waals surface area contributed by atoms with Crippen LogP contribution in [0.5, 0.6) is 0 Å². The van der Waals surface area contributed by atoms with Crippen LogP contribution in [0.15, 0.2) is 29.3 Å². The summed E-state index contributed by atoms with van der Waals surface area (Å²) in [6, 6.07) is 7.22. The highest BCUT2D eigenvalue weighted by Crippen LogP contribution is 2.23. The van der Waals surface area contributed by atoms with E-state index in [2.05, 4.69) is 10.3 Å². The lowest BCUT2D eigenvalue weighted by Gasteiger charge is -2.06. The van der Waals surface area contributed by atoms with Crippen LogP contribution in [-0.2, 0) is 0 Å². The van der Waals surface area contributed by atoms with Gasteiger partial charge in [-0.25, -0.2) is 4.99 Å². The number of amides is 1. The summed E-state index contributed by atoms with van der Waals surface area (Å²) in [6.45, 7) is 0. The van der Waals surface area contributed by atoms with Crippen LogP contribution < -0.4 is 16.8 Å². The van der Waals surface area contributed by atoms with E-state index in [4.69, 9.17) is 11.5 Å². The standard InChI is InChI=1S/C11H14N4O/c12-10(16)7-2-1-3-9(6-7)15-11(13)14-8-4-5-8/h1-3,6,8H,4-5H2,(H2,12,16)(H3,13,14,15). The summed E-state index contributed by atoms with van der Waals surface area (Å²) in [7, 11) is 0. The average molecular weight is 218 g/mol. The van der Waals surface area contributed by atoms with Crippen LogP contribution in [0.4, 0.5) is 5.69 Å². The van der Waals surface area contributed by atoms with E-state index >= 15 is 0 Å². The molecule has 1 saturated carbocycles. The van der Waals surface area contributed by atoms with Crippen molar-refractivity contribution < 1.29 is 4.79 Å². The number of carbonyl (C=O) groups is 1. The Morgan fingerprint density at radius 3 is 2.75 bits per heavy atom. The number of benzene rings is 1. The molecule has 84 valence electrons. The fourth-order valence-corrected chi connectivity index (χ4v) is 1.33. The predicted molar refractivity (Wildman–Crippen MR) is 63.2 cm³/mol. The maximum Gasteiger partial charge on any atom is 0.248 e. The number of rotatable bonds is 3. The molecule has 1 aromatic rings. The van der Waals surface area contributed by atoms with Gasteiger partial charge < -0.3 is 16.8 Å². The molecule has 0 bridgehead atoms.